The van der Waals surface area contributed by atoms with E-state index in [1.54, 1.807) is 12.3 Å². The lowest BCUT2D eigenvalue weighted by Crippen LogP contribution is -2.40. The van der Waals surface area contributed by atoms with E-state index in [2.05, 4.69) is 14.5 Å². The molecule has 1 heterocycles. The maximum absolute atomic E-state index is 12.1. The van der Waals surface area contributed by atoms with E-state index in [1.165, 1.54) is 25.6 Å². The van der Waals surface area contributed by atoms with E-state index in [4.69, 9.17) is 0 Å². The molecule has 0 aromatic carbocycles. The third kappa shape index (κ3) is 4.32. The summed E-state index contributed by atoms with van der Waals surface area (Å²) in [7, 11) is 2.41. The van der Waals surface area contributed by atoms with Gasteiger partial charge in [0.15, 0.2) is 0 Å². The predicted octanol–water partition coefficient (Wildman–Crippen LogP) is 0.240. The molecule has 0 aliphatic rings. The molecule has 1 aromatic heterocycles. The first-order chi connectivity index (χ1) is 8.97. The number of hydrogen-bond donors (Lipinski definition) is 0. The molecule has 8 heteroatoms. The minimum atomic E-state index is -0.621. The van der Waals surface area contributed by atoms with E-state index in [0.29, 0.717) is 0 Å². The number of thiazole rings is 1. The third-order valence-electron chi connectivity index (χ3n) is 2.22. The summed E-state index contributed by atoms with van der Waals surface area (Å²) in [6.45, 7) is 1.09. The van der Waals surface area contributed by atoms with Crippen LogP contribution in [0, 0.1) is 6.92 Å². The molecule has 0 radical (unpaired) electrons. The second-order valence-corrected chi connectivity index (χ2v) is 4.63. The number of ether oxygens (including phenoxy) is 2. The van der Waals surface area contributed by atoms with Gasteiger partial charge in [-0.05, 0) is 6.92 Å². The van der Waals surface area contributed by atoms with Gasteiger partial charge in [-0.2, -0.15) is 0 Å². The van der Waals surface area contributed by atoms with Gasteiger partial charge in [0.2, 0.25) is 0 Å². The molecule has 104 valence electrons. The van der Waals surface area contributed by atoms with Crippen molar-refractivity contribution < 1.29 is 23.9 Å². The molecular weight excluding hydrogens is 272 g/mol. The van der Waals surface area contributed by atoms with Crippen LogP contribution in [0.1, 0.15) is 15.5 Å². The van der Waals surface area contributed by atoms with Crippen LogP contribution in [-0.2, 0) is 19.1 Å². The van der Waals surface area contributed by atoms with Crippen LogP contribution in [0.5, 0.6) is 0 Å². The Morgan fingerprint density at radius 3 is 2.11 bits per heavy atom. The molecule has 1 amide bonds. The zero-order valence-electron chi connectivity index (χ0n) is 10.8. The summed E-state index contributed by atoms with van der Waals surface area (Å²) in [6, 6.07) is 0. The van der Waals surface area contributed by atoms with Crippen molar-refractivity contribution in [2.45, 2.75) is 6.92 Å². The first-order valence-corrected chi connectivity index (χ1v) is 6.21. The standard InChI is InChI=1S/C11H14N2O5S/c1-7-12-8(6-19-7)11(16)13(4-9(14)17-2)5-10(15)18-3/h6H,4-5H2,1-3H3. The van der Waals surface area contributed by atoms with E-state index < -0.39 is 17.8 Å². The molecule has 0 aliphatic carbocycles. The lowest BCUT2D eigenvalue weighted by atomic mass is 10.3. The largest absolute Gasteiger partial charge is 0.468 e. The van der Waals surface area contributed by atoms with Gasteiger partial charge < -0.3 is 14.4 Å². The molecule has 7 nitrogen and oxygen atoms in total. The summed E-state index contributed by atoms with van der Waals surface area (Å²) < 4.78 is 8.97. The number of methoxy groups -OCH3 is 2. The summed E-state index contributed by atoms with van der Waals surface area (Å²) >= 11 is 1.31. The second kappa shape index (κ2) is 6.83. The van der Waals surface area contributed by atoms with E-state index >= 15 is 0 Å². The van der Waals surface area contributed by atoms with Crippen LogP contribution in [-0.4, -0.2) is 55.0 Å². The molecular formula is C11H14N2O5S. The van der Waals surface area contributed by atoms with Crippen molar-refractivity contribution in [3.05, 3.63) is 16.1 Å². The number of hydrogen-bond acceptors (Lipinski definition) is 7. The Balaban J connectivity index is 2.85. The Hall–Kier alpha value is -1.96. The summed E-state index contributed by atoms with van der Waals surface area (Å²) in [4.78, 5) is 39.7. The number of esters is 2. The number of amides is 1. The minimum Gasteiger partial charge on any atom is -0.468 e. The topological polar surface area (TPSA) is 85.8 Å². The van der Waals surface area contributed by atoms with Crippen LogP contribution < -0.4 is 0 Å². The van der Waals surface area contributed by atoms with Crippen LogP contribution in [0.3, 0.4) is 0 Å². The highest BCUT2D eigenvalue weighted by Gasteiger charge is 2.23. The van der Waals surface area contributed by atoms with Gasteiger partial charge >= 0.3 is 11.9 Å². The van der Waals surface area contributed by atoms with Gasteiger partial charge in [-0.1, -0.05) is 0 Å². The van der Waals surface area contributed by atoms with Crippen molar-refractivity contribution in [1.82, 2.24) is 9.88 Å². The molecule has 0 fully saturated rings. The molecule has 0 N–H and O–H groups in total. The normalized spacial score (nSPS) is 9.84. The van der Waals surface area contributed by atoms with Crippen LogP contribution >= 0.6 is 11.3 Å². The van der Waals surface area contributed by atoms with Crippen molar-refractivity contribution >= 4 is 29.2 Å². The highest BCUT2D eigenvalue weighted by Crippen LogP contribution is 2.10. The summed E-state index contributed by atoms with van der Waals surface area (Å²) in [5, 5.41) is 2.29. The molecule has 0 spiro atoms. The maximum Gasteiger partial charge on any atom is 0.325 e. The first-order valence-electron chi connectivity index (χ1n) is 5.33. The SMILES string of the molecule is COC(=O)CN(CC(=O)OC)C(=O)c1csc(C)n1. The molecule has 0 aliphatic heterocycles. The van der Waals surface area contributed by atoms with Gasteiger partial charge in [-0.25, -0.2) is 4.98 Å². The zero-order valence-corrected chi connectivity index (χ0v) is 11.7. The first kappa shape index (κ1) is 15.1. The van der Waals surface area contributed by atoms with Crippen molar-refractivity contribution in [3.8, 4) is 0 Å². The maximum atomic E-state index is 12.1. The van der Waals surface area contributed by atoms with Gasteiger partial charge in [0.1, 0.15) is 18.8 Å². The lowest BCUT2D eigenvalue weighted by molar-refractivity contribution is -0.144. The number of nitrogens with zero attached hydrogens (tertiary/aromatic N) is 2. The van der Waals surface area contributed by atoms with Gasteiger partial charge in [0, 0.05) is 5.38 Å². The Labute approximate surface area is 114 Å². The quantitative estimate of drug-likeness (QED) is 0.721. The Morgan fingerprint density at radius 2 is 1.74 bits per heavy atom. The van der Waals surface area contributed by atoms with Crippen molar-refractivity contribution in [2.75, 3.05) is 27.3 Å². The monoisotopic (exact) mass is 286 g/mol. The molecule has 1 aromatic rings. The number of carbonyl (C=O) groups is 3. The predicted molar refractivity (Wildman–Crippen MR) is 66.8 cm³/mol. The van der Waals surface area contributed by atoms with Crippen LogP contribution in [0.25, 0.3) is 0 Å². The smallest absolute Gasteiger partial charge is 0.325 e. The molecule has 0 bridgehead atoms. The zero-order chi connectivity index (χ0) is 14.4. The fourth-order valence-electron chi connectivity index (χ4n) is 1.26. The van der Waals surface area contributed by atoms with Crippen molar-refractivity contribution in [2.24, 2.45) is 0 Å². The lowest BCUT2D eigenvalue weighted by Gasteiger charge is -2.18. The van der Waals surface area contributed by atoms with Crippen LogP contribution in [0.4, 0.5) is 0 Å². The Kier molecular flexibility index (Phi) is 5.43. The van der Waals surface area contributed by atoms with E-state index in [1.807, 2.05) is 0 Å². The summed E-state index contributed by atoms with van der Waals surface area (Å²) in [5.74, 6) is -1.76. The van der Waals surface area contributed by atoms with Gasteiger partial charge in [0.25, 0.3) is 5.91 Å². The van der Waals surface area contributed by atoms with Crippen molar-refractivity contribution in [1.29, 1.82) is 0 Å². The molecule has 0 saturated heterocycles. The number of aromatic nitrogens is 1. The molecule has 0 unspecified atom stereocenters. The molecule has 0 atom stereocenters. The molecule has 1 rings (SSSR count). The summed E-state index contributed by atoms with van der Waals surface area (Å²) in [5.41, 5.74) is 0.190. The van der Waals surface area contributed by atoms with E-state index in [-0.39, 0.29) is 18.8 Å². The average Bonchev–Trinajstić information content (AvgIpc) is 2.83. The Morgan fingerprint density at radius 1 is 1.21 bits per heavy atom. The fourth-order valence-corrected chi connectivity index (χ4v) is 1.85. The molecule has 0 saturated carbocycles. The number of carbonyl (C=O) groups excluding carboxylic acids is 3. The average molecular weight is 286 g/mol. The third-order valence-corrected chi connectivity index (χ3v) is 2.99. The van der Waals surface area contributed by atoms with Gasteiger partial charge in [0.05, 0.1) is 19.2 Å². The molecule has 19 heavy (non-hydrogen) atoms. The van der Waals surface area contributed by atoms with E-state index in [9.17, 15) is 14.4 Å². The van der Waals surface area contributed by atoms with Crippen LogP contribution in [0.2, 0.25) is 0 Å². The highest BCUT2D eigenvalue weighted by atomic mass is 32.1. The van der Waals surface area contributed by atoms with Gasteiger partial charge in [-0.15, -0.1) is 11.3 Å². The summed E-state index contributed by atoms with van der Waals surface area (Å²) in [6.07, 6.45) is 0. The highest BCUT2D eigenvalue weighted by molar-refractivity contribution is 7.09. The van der Waals surface area contributed by atoms with Crippen molar-refractivity contribution in [3.63, 3.8) is 0 Å². The second-order valence-electron chi connectivity index (χ2n) is 3.57. The van der Waals surface area contributed by atoms with Crippen LogP contribution in [0.15, 0.2) is 5.38 Å². The minimum absolute atomic E-state index is 0.190. The fraction of sp³-hybridized carbons (Fsp3) is 0.455. The number of aryl methyl sites for hydroxylation is 1. The van der Waals surface area contributed by atoms with Gasteiger partial charge in [-0.3, -0.25) is 14.4 Å². The van der Waals surface area contributed by atoms with E-state index in [0.717, 1.165) is 9.91 Å². The number of rotatable bonds is 5. The Bertz CT molecular complexity index is 467.